The van der Waals surface area contributed by atoms with Gasteiger partial charge in [0.15, 0.2) is 11.5 Å². The van der Waals surface area contributed by atoms with E-state index in [4.69, 9.17) is 14.2 Å². The molecule has 1 heterocycles. The van der Waals surface area contributed by atoms with Gasteiger partial charge in [-0.2, -0.15) is 0 Å². The first-order valence-electron chi connectivity index (χ1n) is 8.32. The van der Waals surface area contributed by atoms with Crippen LogP contribution in [-0.2, 0) is 16.0 Å². The number of anilines is 1. The molecule has 2 aromatic rings. The van der Waals surface area contributed by atoms with Crippen LogP contribution in [0.5, 0.6) is 17.2 Å². The van der Waals surface area contributed by atoms with Gasteiger partial charge in [0.2, 0.25) is 18.6 Å². The van der Waals surface area contributed by atoms with Gasteiger partial charge in [-0.25, -0.2) is 0 Å². The lowest BCUT2D eigenvalue weighted by atomic mass is 10.1. The summed E-state index contributed by atoms with van der Waals surface area (Å²) in [5, 5.41) is 14.6. The summed E-state index contributed by atoms with van der Waals surface area (Å²) in [5.41, 5.74) is 1.24. The monoisotopic (exact) mass is 372 g/mol. The van der Waals surface area contributed by atoms with E-state index < -0.39 is 24.5 Å². The smallest absolute Gasteiger partial charge is 0.249 e. The Hall–Kier alpha value is -3.26. The zero-order chi connectivity index (χ0) is 19.2. The molecule has 0 fully saturated rings. The van der Waals surface area contributed by atoms with Crippen molar-refractivity contribution in [1.29, 1.82) is 0 Å². The van der Waals surface area contributed by atoms with E-state index in [1.165, 1.54) is 0 Å². The number of hydrogen-bond acceptors (Lipinski definition) is 6. The Morgan fingerprint density at radius 1 is 1.15 bits per heavy atom. The average Bonchev–Trinajstić information content (AvgIpc) is 3.14. The van der Waals surface area contributed by atoms with Crippen LogP contribution in [0, 0.1) is 0 Å². The molecule has 0 unspecified atom stereocenters. The van der Waals surface area contributed by atoms with Crippen molar-refractivity contribution in [2.75, 3.05) is 25.8 Å². The number of ether oxygens (including phenoxy) is 3. The number of carbonyl (C=O) groups excluding carboxylic acids is 2. The molecule has 142 valence electrons. The second-order valence-electron chi connectivity index (χ2n) is 5.88. The molecular weight excluding hydrogens is 352 g/mol. The lowest BCUT2D eigenvalue weighted by molar-refractivity contribution is -0.126. The number of rotatable bonds is 7. The second-order valence-corrected chi connectivity index (χ2v) is 5.88. The maximum Gasteiger partial charge on any atom is 0.249 e. The van der Waals surface area contributed by atoms with E-state index in [0.717, 1.165) is 0 Å². The van der Waals surface area contributed by atoms with Crippen molar-refractivity contribution >= 4 is 17.5 Å². The van der Waals surface area contributed by atoms with Gasteiger partial charge in [-0.3, -0.25) is 9.59 Å². The van der Waals surface area contributed by atoms with Crippen LogP contribution in [0.4, 0.5) is 5.69 Å². The van der Waals surface area contributed by atoms with E-state index in [0.29, 0.717) is 28.5 Å². The molecule has 2 aromatic carbocycles. The van der Waals surface area contributed by atoms with Gasteiger partial charge in [-0.15, -0.1) is 0 Å². The molecule has 8 heteroatoms. The highest BCUT2D eigenvalue weighted by atomic mass is 16.7. The first kappa shape index (κ1) is 18.5. The number of benzene rings is 2. The lowest BCUT2D eigenvalue weighted by Crippen LogP contribution is -2.46. The van der Waals surface area contributed by atoms with E-state index in [1.807, 2.05) is 0 Å². The Morgan fingerprint density at radius 3 is 2.59 bits per heavy atom. The molecule has 1 atom stereocenters. The first-order valence-corrected chi connectivity index (χ1v) is 8.32. The SMILES string of the molecule is COc1ccc(NC(=O)[C@H](CO)NC(=O)Cc2ccc3c(c2)OCO3)cc1. The van der Waals surface area contributed by atoms with E-state index in [9.17, 15) is 14.7 Å². The molecule has 3 N–H and O–H groups in total. The summed E-state index contributed by atoms with van der Waals surface area (Å²) >= 11 is 0. The van der Waals surface area contributed by atoms with Crippen molar-refractivity contribution in [3.63, 3.8) is 0 Å². The van der Waals surface area contributed by atoms with Gasteiger partial charge in [-0.05, 0) is 42.0 Å². The Morgan fingerprint density at radius 2 is 1.89 bits per heavy atom. The molecule has 0 saturated carbocycles. The maximum absolute atomic E-state index is 12.3. The molecule has 0 aliphatic carbocycles. The van der Waals surface area contributed by atoms with Gasteiger partial charge in [0.05, 0.1) is 20.1 Å². The molecule has 2 amide bonds. The van der Waals surface area contributed by atoms with E-state index in [1.54, 1.807) is 49.6 Å². The quantitative estimate of drug-likeness (QED) is 0.672. The number of nitrogens with one attached hydrogen (secondary N) is 2. The molecule has 27 heavy (non-hydrogen) atoms. The molecule has 3 rings (SSSR count). The van der Waals surface area contributed by atoms with Gasteiger partial charge in [0.1, 0.15) is 11.8 Å². The van der Waals surface area contributed by atoms with Crippen molar-refractivity contribution < 1.29 is 28.9 Å². The number of carbonyl (C=O) groups is 2. The molecule has 1 aliphatic heterocycles. The topological polar surface area (TPSA) is 106 Å². The average molecular weight is 372 g/mol. The van der Waals surface area contributed by atoms with Crippen LogP contribution in [0.3, 0.4) is 0 Å². The standard InChI is InChI=1S/C19H20N2O6/c1-25-14-5-3-13(4-6-14)20-19(24)15(10-22)21-18(23)9-12-2-7-16-17(8-12)27-11-26-16/h2-8,15,22H,9-11H2,1H3,(H,20,24)(H,21,23)/t15-/m0/s1. The Bertz CT molecular complexity index is 821. The van der Waals surface area contributed by atoms with E-state index in [2.05, 4.69) is 10.6 Å². The van der Waals surface area contributed by atoms with Gasteiger partial charge >= 0.3 is 0 Å². The molecule has 8 nitrogen and oxygen atoms in total. The van der Waals surface area contributed by atoms with Crippen LogP contribution < -0.4 is 24.8 Å². The molecule has 0 radical (unpaired) electrons. The summed E-state index contributed by atoms with van der Waals surface area (Å²) in [6.07, 6.45) is 0.0446. The Kier molecular flexibility index (Phi) is 5.77. The van der Waals surface area contributed by atoms with Gasteiger partial charge in [0, 0.05) is 5.69 Å². The third kappa shape index (κ3) is 4.68. The summed E-state index contributed by atoms with van der Waals surface area (Å²) in [5.74, 6) is 0.964. The number of amides is 2. The van der Waals surface area contributed by atoms with Crippen LogP contribution in [0.15, 0.2) is 42.5 Å². The first-order chi connectivity index (χ1) is 13.1. The number of methoxy groups -OCH3 is 1. The van der Waals surface area contributed by atoms with E-state index >= 15 is 0 Å². The lowest BCUT2D eigenvalue weighted by Gasteiger charge is -2.16. The minimum atomic E-state index is -1.06. The fraction of sp³-hybridized carbons (Fsp3) is 0.263. The van der Waals surface area contributed by atoms with Crippen molar-refractivity contribution in [2.45, 2.75) is 12.5 Å². The molecular formula is C19H20N2O6. The molecule has 0 aromatic heterocycles. The highest BCUT2D eigenvalue weighted by molar-refractivity contribution is 5.97. The van der Waals surface area contributed by atoms with Crippen LogP contribution >= 0.6 is 0 Å². The third-order valence-electron chi connectivity index (χ3n) is 3.99. The molecule has 0 bridgehead atoms. The number of fused-ring (bicyclic) bond motifs is 1. The van der Waals surface area contributed by atoms with E-state index in [-0.39, 0.29) is 13.2 Å². The van der Waals surface area contributed by atoms with Crippen LogP contribution in [-0.4, -0.2) is 43.5 Å². The Balaban J connectivity index is 1.56. The van der Waals surface area contributed by atoms with Gasteiger partial charge in [-0.1, -0.05) is 6.07 Å². The van der Waals surface area contributed by atoms with Crippen LogP contribution in [0.1, 0.15) is 5.56 Å². The van der Waals surface area contributed by atoms with Crippen molar-refractivity contribution in [1.82, 2.24) is 5.32 Å². The van der Waals surface area contributed by atoms with Crippen molar-refractivity contribution in [3.05, 3.63) is 48.0 Å². The minimum absolute atomic E-state index is 0.0446. The maximum atomic E-state index is 12.3. The predicted molar refractivity (Wildman–Crippen MR) is 96.9 cm³/mol. The zero-order valence-corrected chi connectivity index (χ0v) is 14.7. The predicted octanol–water partition coefficient (Wildman–Crippen LogP) is 1.08. The summed E-state index contributed by atoms with van der Waals surface area (Å²) in [6.45, 7) is -0.363. The van der Waals surface area contributed by atoms with Crippen LogP contribution in [0.2, 0.25) is 0 Å². The van der Waals surface area contributed by atoms with Crippen molar-refractivity contribution in [2.24, 2.45) is 0 Å². The minimum Gasteiger partial charge on any atom is -0.497 e. The molecule has 1 aliphatic rings. The fourth-order valence-corrected chi connectivity index (χ4v) is 2.58. The summed E-state index contributed by atoms with van der Waals surface area (Å²) in [7, 11) is 1.55. The molecule has 0 spiro atoms. The Labute approximate surface area is 156 Å². The highest BCUT2D eigenvalue weighted by Gasteiger charge is 2.21. The third-order valence-corrected chi connectivity index (χ3v) is 3.99. The number of aliphatic hydroxyl groups is 1. The van der Waals surface area contributed by atoms with Gasteiger partial charge < -0.3 is 30.0 Å². The largest absolute Gasteiger partial charge is 0.497 e. The second kappa shape index (κ2) is 8.41. The number of aliphatic hydroxyl groups excluding tert-OH is 1. The summed E-state index contributed by atoms with van der Waals surface area (Å²) < 4.78 is 15.6. The van der Waals surface area contributed by atoms with Gasteiger partial charge in [0.25, 0.3) is 0 Å². The molecule has 0 saturated heterocycles. The highest BCUT2D eigenvalue weighted by Crippen LogP contribution is 2.32. The summed E-state index contributed by atoms with van der Waals surface area (Å²) in [6, 6.07) is 10.9. The fourth-order valence-electron chi connectivity index (χ4n) is 2.58. The zero-order valence-electron chi connectivity index (χ0n) is 14.7. The number of hydrogen-bond donors (Lipinski definition) is 3. The normalized spacial score (nSPS) is 13.0. The van der Waals surface area contributed by atoms with Crippen LogP contribution in [0.25, 0.3) is 0 Å². The summed E-state index contributed by atoms with van der Waals surface area (Å²) in [4.78, 5) is 24.5. The van der Waals surface area contributed by atoms with Crippen molar-refractivity contribution in [3.8, 4) is 17.2 Å².